The van der Waals surface area contributed by atoms with Gasteiger partial charge < -0.3 is 14.9 Å². The summed E-state index contributed by atoms with van der Waals surface area (Å²) in [4.78, 5) is 23.4. The van der Waals surface area contributed by atoms with Gasteiger partial charge in [0, 0.05) is 17.3 Å². The van der Waals surface area contributed by atoms with Crippen LogP contribution in [-0.2, 0) is 14.9 Å². The summed E-state index contributed by atoms with van der Waals surface area (Å²) in [5.41, 5.74) is -0.895. The second-order valence-corrected chi connectivity index (χ2v) is 6.95. The highest BCUT2D eigenvalue weighted by atomic mass is 16.6. The molecule has 1 fully saturated rings. The summed E-state index contributed by atoms with van der Waals surface area (Å²) in [5.74, 6) is -1.04. The van der Waals surface area contributed by atoms with Crippen LogP contribution in [-0.4, -0.2) is 27.9 Å². The number of amides is 1. The third kappa shape index (κ3) is 3.75. The molecule has 0 unspecified atom stereocenters. The number of carbonyl (C=O) groups excluding carboxylic acids is 1. The normalized spacial score (nSPS) is 16.8. The topological polar surface area (TPSA) is 95.9 Å². The molecule has 23 heavy (non-hydrogen) atoms. The number of carbonyl (C=O) groups is 2. The van der Waals surface area contributed by atoms with E-state index in [0.717, 1.165) is 12.8 Å². The Labute approximate surface area is 135 Å². The maximum Gasteiger partial charge on any atom is 0.412 e. The summed E-state index contributed by atoms with van der Waals surface area (Å²) in [6.45, 7) is 5.26. The lowest BCUT2D eigenvalue weighted by Gasteiger charge is -2.25. The first kappa shape index (κ1) is 17.1. The molecule has 1 aromatic carbocycles. The molecule has 2 rings (SSSR count). The summed E-state index contributed by atoms with van der Waals surface area (Å²) in [5, 5.41) is 22.4. The second kappa shape index (κ2) is 6.10. The fourth-order valence-corrected chi connectivity index (χ4v) is 3.01. The second-order valence-electron chi connectivity index (χ2n) is 6.95. The van der Waals surface area contributed by atoms with Gasteiger partial charge in [-0.3, -0.25) is 10.1 Å². The molecule has 6 nitrogen and oxygen atoms in total. The van der Waals surface area contributed by atoms with Crippen molar-refractivity contribution in [3.63, 3.8) is 0 Å². The minimum atomic E-state index is -1.03. The first-order valence-electron chi connectivity index (χ1n) is 7.71. The van der Waals surface area contributed by atoms with Gasteiger partial charge in [-0.1, -0.05) is 18.9 Å². The molecular formula is C17H23NO5. The average molecular weight is 321 g/mol. The van der Waals surface area contributed by atoms with E-state index in [2.05, 4.69) is 5.32 Å². The van der Waals surface area contributed by atoms with Crippen LogP contribution < -0.4 is 5.32 Å². The van der Waals surface area contributed by atoms with Crippen LogP contribution in [0.15, 0.2) is 18.2 Å². The number of hydrogen-bond donors (Lipinski definition) is 3. The third-order valence-corrected chi connectivity index (χ3v) is 4.03. The smallest absolute Gasteiger partial charge is 0.412 e. The standard InChI is InChI=1S/C17H23NO5/c1-16(2,3)23-15(22)18-11-6-7-12(13(19)10-11)17(14(20)21)8-4-5-9-17/h6-7,10,19H,4-5,8-9H2,1-3H3,(H,18,22)(H,20,21). The van der Waals surface area contributed by atoms with Crippen molar-refractivity contribution < 1.29 is 24.5 Å². The molecule has 0 radical (unpaired) electrons. The monoisotopic (exact) mass is 321 g/mol. The lowest BCUT2D eigenvalue weighted by Crippen LogP contribution is -2.32. The van der Waals surface area contributed by atoms with E-state index >= 15 is 0 Å². The van der Waals surface area contributed by atoms with Crippen LogP contribution in [0.4, 0.5) is 10.5 Å². The summed E-state index contributed by atoms with van der Waals surface area (Å²) in [6, 6.07) is 4.52. The highest BCUT2D eigenvalue weighted by Crippen LogP contribution is 2.45. The van der Waals surface area contributed by atoms with Crippen molar-refractivity contribution >= 4 is 17.7 Å². The molecule has 3 N–H and O–H groups in total. The zero-order valence-corrected chi connectivity index (χ0v) is 13.7. The van der Waals surface area contributed by atoms with Gasteiger partial charge in [0.05, 0.1) is 5.41 Å². The average Bonchev–Trinajstić information content (AvgIpc) is 2.86. The number of anilines is 1. The van der Waals surface area contributed by atoms with Crippen LogP contribution in [0.3, 0.4) is 0 Å². The predicted octanol–water partition coefficient (Wildman–Crippen LogP) is 3.64. The van der Waals surface area contributed by atoms with Gasteiger partial charge in [0.1, 0.15) is 11.4 Å². The van der Waals surface area contributed by atoms with Crippen LogP contribution in [0, 0.1) is 0 Å². The van der Waals surface area contributed by atoms with Crippen LogP contribution in [0.5, 0.6) is 5.75 Å². The number of phenolic OH excluding ortho intramolecular Hbond substituents is 1. The van der Waals surface area contributed by atoms with E-state index in [1.165, 1.54) is 6.07 Å². The van der Waals surface area contributed by atoms with E-state index in [4.69, 9.17) is 4.74 Å². The molecule has 0 aromatic heterocycles. The van der Waals surface area contributed by atoms with E-state index in [1.807, 2.05) is 0 Å². The number of ether oxygens (including phenoxy) is 1. The maximum atomic E-state index is 11.7. The van der Waals surface area contributed by atoms with Gasteiger partial charge in [-0.05, 0) is 39.7 Å². The largest absolute Gasteiger partial charge is 0.508 e. The van der Waals surface area contributed by atoms with Crippen LogP contribution in [0.1, 0.15) is 52.0 Å². The number of aliphatic carboxylic acids is 1. The van der Waals surface area contributed by atoms with Crippen molar-refractivity contribution in [2.45, 2.75) is 57.5 Å². The minimum Gasteiger partial charge on any atom is -0.508 e. The Bertz CT molecular complexity index is 612. The Morgan fingerprint density at radius 2 is 1.83 bits per heavy atom. The van der Waals surface area contributed by atoms with E-state index in [-0.39, 0.29) is 5.75 Å². The predicted molar refractivity (Wildman–Crippen MR) is 85.7 cm³/mol. The molecule has 0 saturated heterocycles. The van der Waals surface area contributed by atoms with Crippen molar-refractivity contribution in [1.29, 1.82) is 0 Å². The Morgan fingerprint density at radius 1 is 1.22 bits per heavy atom. The first-order valence-corrected chi connectivity index (χ1v) is 7.71. The molecule has 1 aromatic rings. The molecule has 0 spiro atoms. The maximum absolute atomic E-state index is 11.7. The van der Waals surface area contributed by atoms with Crippen molar-refractivity contribution in [1.82, 2.24) is 0 Å². The molecule has 0 aliphatic heterocycles. The minimum absolute atomic E-state index is 0.122. The Balaban J connectivity index is 2.21. The molecule has 0 atom stereocenters. The highest BCUT2D eigenvalue weighted by Gasteiger charge is 2.44. The fourth-order valence-electron chi connectivity index (χ4n) is 3.01. The van der Waals surface area contributed by atoms with Gasteiger partial charge in [0.15, 0.2) is 0 Å². The summed E-state index contributed by atoms with van der Waals surface area (Å²) >= 11 is 0. The number of carboxylic acids is 1. The number of nitrogens with one attached hydrogen (secondary N) is 1. The zero-order valence-electron chi connectivity index (χ0n) is 13.7. The number of carboxylic acid groups (broad SMARTS) is 1. The SMILES string of the molecule is CC(C)(C)OC(=O)Nc1ccc(C2(C(=O)O)CCCC2)c(O)c1. The molecule has 1 amide bonds. The number of phenols is 1. The van der Waals surface area contributed by atoms with Crippen molar-refractivity contribution in [2.24, 2.45) is 0 Å². The van der Waals surface area contributed by atoms with E-state index in [9.17, 15) is 19.8 Å². The molecule has 0 heterocycles. The van der Waals surface area contributed by atoms with Gasteiger partial charge in [-0.15, -0.1) is 0 Å². The summed E-state index contributed by atoms with van der Waals surface area (Å²) in [7, 11) is 0. The van der Waals surface area contributed by atoms with Crippen LogP contribution in [0.2, 0.25) is 0 Å². The molecule has 126 valence electrons. The Hall–Kier alpha value is -2.24. The number of benzene rings is 1. The number of hydrogen-bond acceptors (Lipinski definition) is 4. The molecule has 0 bridgehead atoms. The molecule has 1 aliphatic carbocycles. The Morgan fingerprint density at radius 3 is 2.30 bits per heavy atom. The third-order valence-electron chi connectivity index (χ3n) is 4.03. The van der Waals surface area contributed by atoms with E-state index in [0.29, 0.717) is 24.1 Å². The molecule has 1 saturated carbocycles. The van der Waals surface area contributed by atoms with E-state index < -0.39 is 23.1 Å². The van der Waals surface area contributed by atoms with E-state index in [1.54, 1.807) is 32.9 Å². The fraction of sp³-hybridized carbons (Fsp3) is 0.529. The first-order chi connectivity index (χ1) is 10.6. The quantitative estimate of drug-likeness (QED) is 0.790. The van der Waals surface area contributed by atoms with Gasteiger partial charge in [-0.2, -0.15) is 0 Å². The molecule has 6 heteroatoms. The summed E-state index contributed by atoms with van der Waals surface area (Å²) < 4.78 is 5.14. The van der Waals surface area contributed by atoms with Gasteiger partial charge >= 0.3 is 12.1 Å². The number of aromatic hydroxyl groups is 1. The van der Waals surface area contributed by atoms with Crippen LogP contribution in [0.25, 0.3) is 0 Å². The van der Waals surface area contributed by atoms with Gasteiger partial charge in [0.25, 0.3) is 0 Å². The zero-order chi connectivity index (χ0) is 17.3. The Kier molecular flexibility index (Phi) is 4.54. The lowest BCUT2D eigenvalue weighted by molar-refractivity contribution is -0.143. The van der Waals surface area contributed by atoms with Crippen molar-refractivity contribution in [2.75, 3.05) is 5.32 Å². The van der Waals surface area contributed by atoms with Crippen molar-refractivity contribution in [3.05, 3.63) is 23.8 Å². The van der Waals surface area contributed by atoms with Gasteiger partial charge in [-0.25, -0.2) is 4.79 Å². The highest BCUT2D eigenvalue weighted by molar-refractivity contribution is 5.87. The van der Waals surface area contributed by atoms with Crippen molar-refractivity contribution in [3.8, 4) is 5.75 Å². The van der Waals surface area contributed by atoms with Gasteiger partial charge in [0.2, 0.25) is 0 Å². The number of rotatable bonds is 3. The molecule has 1 aliphatic rings. The van der Waals surface area contributed by atoms with Crippen LogP contribution >= 0.6 is 0 Å². The molecular weight excluding hydrogens is 298 g/mol. The lowest BCUT2D eigenvalue weighted by atomic mass is 9.78. The summed E-state index contributed by atoms with van der Waals surface area (Å²) in [6.07, 6.45) is 2.04.